The molecule has 0 amide bonds. The summed E-state index contributed by atoms with van der Waals surface area (Å²) in [6.45, 7) is 0. The van der Waals surface area contributed by atoms with E-state index in [-0.39, 0.29) is 0 Å². The molecule has 3 aromatic heterocycles. The van der Waals surface area contributed by atoms with Crippen LogP contribution in [0.1, 0.15) is 5.89 Å². The summed E-state index contributed by atoms with van der Waals surface area (Å²) in [7, 11) is 3.17. The van der Waals surface area contributed by atoms with Crippen LogP contribution in [0.15, 0.2) is 49.9 Å². The number of benzene rings is 1. The maximum atomic E-state index is 5.71. The lowest BCUT2D eigenvalue weighted by molar-refractivity contribution is 0.391. The number of nitrogens with zero attached hydrogens (tertiary/aromatic N) is 4. The molecule has 8 nitrogen and oxygen atoms in total. The van der Waals surface area contributed by atoms with Gasteiger partial charge in [0.25, 0.3) is 5.22 Å². The van der Waals surface area contributed by atoms with Gasteiger partial charge in [0, 0.05) is 11.6 Å². The van der Waals surface area contributed by atoms with Crippen molar-refractivity contribution < 1.29 is 18.4 Å². The Balaban J connectivity index is 1.46. The highest BCUT2D eigenvalue weighted by Crippen LogP contribution is 2.31. The van der Waals surface area contributed by atoms with Gasteiger partial charge in [-0.05, 0) is 23.6 Å². The molecule has 0 bridgehead atoms. The number of hydrogen-bond donors (Lipinski definition) is 0. The number of rotatable bonds is 7. The minimum atomic E-state index is 0.375. The fraction of sp³-hybridized carbons (Fsp3) is 0.176. The number of ether oxygens (including phenoxy) is 2. The van der Waals surface area contributed by atoms with Gasteiger partial charge in [0.15, 0.2) is 0 Å². The minimum Gasteiger partial charge on any atom is -0.497 e. The largest absolute Gasteiger partial charge is 0.497 e. The molecule has 0 fully saturated rings. The van der Waals surface area contributed by atoms with Crippen LogP contribution in [0.3, 0.4) is 0 Å². The lowest BCUT2D eigenvalue weighted by Crippen LogP contribution is -1.88. The van der Waals surface area contributed by atoms with E-state index in [1.807, 2.05) is 17.5 Å². The zero-order valence-corrected chi connectivity index (χ0v) is 16.0. The number of thioether (sulfide) groups is 1. The van der Waals surface area contributed by atoms with Crippen LogP contribution in [0.4, 0.5) is 0 Å². The maximum absolute atomic E-state index is 5.71. The molecule has 0 N–H and O–H groups in total. The second-order valence-corrected chi connectivity index (χ2v) is 7.13. The van der Waals surface area contributed by atoms with Crippen LogP contribution >= 0.6 is 23.1 Å². The summed E-state index contributed by atoms with van der Waals surface area (Å²) in [5.74, 6) is 3.16. The second-order valence-electron chi connectivity index (χ2n) is 5.25. The van der Waals surface area contributed by atoms with Crippen molar-refractivity contribution in [3.63, 3.8) is 0 Å². The van der Waals surface area contributed by atoms with Gasteiger partial charge in [-0.25, -0.2) is 0 Å². The van der Waals surface area contributed by atoms with Gasteiger partial charge in [-0.3, -0.25) is 0 Å². The summed E-state index contributed by atoms with van der Waals surface area (Å²) >= 11 is 2.88. The van der Waals surface area contributed by atoms with Crippen molar-refractivity contribution in [3.8, 4) is 33.7 Å². The number of thiophene rings is 1. The molecule has 10 heteroatoms. The molecular formula is C17H14N4O4S2. The molecule has 0 unspecified atom stereocenters. The summed E-state index contributed by atoms with van der Waals surface area (Å²) in [4.78, 5) is 5.33. The molecule has 0 atom stereocenters. The lowest BCUT2D eigenvalue weighted by Gasteiger charge is -2.05. The third-order valence-corrected chi connectivity index (χ3v) is 5.20. The molecule has 0 aliphatic carbocycles. The summed E-state index contributed by atoms with van der Waals surface area (Å²) < 4.78 is 21.5. The van der Waals surface area contributed by atoms with E-state index >= 15 is 0 Å². The Hall–Kier alpha value is -2.85. The summed E-state index contributed by atoms with van der Waals surface area (Å²) in [6, 6.07) is 9.26. The molecule has 0 saturated heterocycles. The second kappa shape index (κ2) is 7.80. The number of methoxy groups -OCH3 is 2. The van der Waals surface area contributed by atoms with Crippen molar-refractivity contribution in [2.75, 3.05) is 14.2 Å². The Morgan fingerprint density at radius 2 is 1.93 bits per heavy atom. The van der Waals surface area contributed by atoms with Crippen molar-refractivity contribution in [1.29, 1.82) is 0 Å². The fourth-order valence-electron chi connectivity index (χ4n) is 2.26. The molecule has 138 valence electrons. The summed E-state index contributed by atoms with van der Waals surface area (Å²) in [5.41, 5.74) is 0.711. The molecule has 0 spiro atoms. The Kier molecular flexibility index (Phi) is 5.07. The van der Waals surface area contributed by atoms with Gasteiger partial charge in [0.1, 0.15) is 11.5 Å². The van der Waals surface area contributed by atoms with Gasteiger partial charge >= 0.3 is 0 Å². The molecule has 0 saturated carbocycles. The highest BCUT2D eigenvalue weighted by molar-refractivity contribution is 7.98. The van der Waals surface area contributed by atoms with E-state index in [0.717, 1.165) is 4.88 Å². The zero-order chi connectivity index (χ0) is 18.6. The summed E-state index contributed by atoms with van der Waals surface area (Å²) in [6.07, 6.45) is 0. The zero-order valence-electron chi connectivity index (χ0n) is 14.4. The van der Waals surface area contributed by atoms with Crippen molar-refractivity contribution in [2.45, 2.75) is 11.0 Å². The highest BCUT2D eigenvalue weighted by atomic mass is 32.2. The molecular weight excluding hydrogens is 388 g/mol. The van der Waals surface area contributed by atoms with E-state index < -0.39 is 0 Å². The van der Waals surface area contributed by atoms with E-state index in [4.69, 9.17) is 18.4 Å². The number of aromatic nitrogens is 4. The van der Waals surface area contributed by atoms with Crippen molar-refractivity contribution in [1.82, 2.24) is 20.3 Å². The first-order chi connectivity index (χ1) is 13.2. The van der Waals surface area contributed by atoms with Crippen LogP contribution in [-0.2, 0) is 5.75 Å². The van der Waals surface area contributed by atoms with E-state index in [0.29, 0.717) is 45.6 Å². The van der Waals surface area contributed by atoms with Gasteiger partial charge in [0.2, 0.25) is 17.6 Å². The van der Waals surface area contributed by atoms with Crippen LogP contribution < -0.4 is 9.47 Å². The van der Waals surface area contributed by atoms with Gasteiger partial charge < -0.3 is 18.4 Å². The van der Waals surface area contributed by atoms with E-state index in [1.165, 1.54) is 11.8 Å². The Labute approximate surface area is 162 Å². The molecule has 3 heterocycles. The third kappa shape index (κ3) is 3.96. The first kappa shape index (κ1) is 17.6. The van der Waals surface area contributed by atoms with E-state index in [2.05, 4.69) is 20.3 Å². The van der Waals surface area contributed by atoms with Crippen molar-refractivity contribution in [3.05, 3.63) is 41.6 Å². The summed E-state index contributed by atoms with van der Waals surface area (Å²) in [5, 5.41) is 14.5. The van der Waals surface area contributed by atoms with E-state index in [1.54, 1.807) is 43.8 Å². The molecule has 1 aromatic carbocycles. The van der Waals surface area contributed by atoms with Gasteiger partial charge in [-0.2, -0.15) is 4.98 Å². The fourth-order valence-corrected chi connectivity index (χ4v) is 3.51. The maximum Gasteiger partial charge on any atom is 0.277 e. The topological polar surface area (TPSA) is 96.3 Å². The normalized spacial score (nSPS) is 10.9. The first-order valence-electron chi connectivity index (χ1n) is 7.81. The van der Waals surface area contributed by atoms with Gasteiger partial charge in [-0.15, -0.1) is 21.5 Å². The average Bonchev–Trinajstić information content (AvgIpc) is 3.46. The van der Waals surface area contributed by atoms with Gasteiger partial charge in [0.05, 0.1) is 24.8 Å². The number of hydrogen-bond acceptors (Lipinski definition) is 10. The highest BCUT2D eigenvalue weighted by Gasteiger charge is 2.14. The van der Waals surface area contributed by atoms with E-state index in [9.17, 15) is 0 Å². The SMILES string of the molecule is COc1cc(OC)cc(-c2nnc(SCc3nc(-c4cccs4)no3)o2)c1. The van der Waals surface area contributed by atoms with Crippen molar-refractivity contribution in [2.24, 2.45) is 0 Å². The minimum absolute atomic E-state index is 0.375. The average molecular weight is 402 g/mol. The van der Waals surface area contributed by atoms with Crippen LogP contribution in [0.2, 0.25) is 0 Å². The van der Waals surface area contributed by atoms with Crippen LogP contribution in [0, 0.1) is 0 Å². The molecule has 4 aromatic rings. The molecule has 0 radical (unpaired) electrons. The third-order valence-electron chi connectivity index (χ3n) is 3.53. The van der Waals surface area contributed by atoms with Crippen LogP contribution in [-0.4, -0.2) is 34.6 Å². The molecule has 0 aliphatic rings. The molecule has 0 aliphatic heterocycles. The standard InChI is InChI=1S/C17H14N4O4S2/c1-22-11-6-10(7-12(8-11)23-2)16-19-20-17(24-16)27-9-14-18-15(21-25-14)13-4-3-5-26-13/h3-8H,9H2,1-2H3. The lowest BCUT2D eigenvalue weighted by atomic mass is 10.2. The Bertz CT molecular complexity index is 1010. The Morgan fingerprint density at radius 1 is 1.11 bits per heavy atom. The van der Waals surface area contributed by atoms with Crippen LogP contribution in [0.5, 0.6) is 11.5 Å². The van der Waals surface area contributed by atoms with Gasteiger partial charge in [-0.1, -0.05) is 23.0 Å². The smallest absolute Gasteiger partial charge is 0.277 e. The monoisotopic (exact) mass is 402 g/mol. The predicted molar refractivity (Wildman–Crippen MR) is 100 cm³/mol. The Morgan fingerprint density at radius 3 is 2.63 bits per heavy atom. The van der Waals surface area contributed by atoms with Crippen molar-refractivity contribution >= 4 is 23.1 Å². The molecule has 4 rings (SSSR count). The van der Waals surface area contributed by atoms with Crippen LogP contribution in [0.25, 0.3) is 22.2 Å². The quantitative estimate of drug-likeness (QED) is 0.422. The molecule has 27 heavy (non-hydrogen) atoms. The predicted octanol–water partition coefficient (Wildman–Crippen LogP) is 4.16. The first-order valence-corrected chi connectivity index (χ1v) is 9.68.